The Labute approximate surface area is 225 Å². The maximum absolute atomic E-state index is 13.3. The Bertz CT molecular complexity index is 1500. The Morgan fingerprint density at radius 1 is 0.974 bits per heavy atom. The molecule has 1 saturated heterocycles. The zero-order valence-electron chi connectivity index (χ0n) is 20.7. The number of nitrogens with zero attached hydrogens (tertiary/aromatic N) is 2. The summed E-state index contributed by atoms with van der Waals surface area (Å²) in [7, 11) is 0. The molecule has 1 aromatic heterocycles. The van der Waals surface area contributed by atoms with E-state index < -0.39 is 17.7 Å². The molecule has 3 aromatic carbocycles. The largest absolute Gasteiger partial charge is 0.507 e. The van der Waals surface area contributed by atoms with Crippen LogP contribution < -0.4 is 4.74 Å². The maximum Gasteiger partial charge on any atom is 0.295 e. The van der Waals surface area contributed by atoms with Crippen molar-refractivity contribution in [3.05, 3.63) is 136 Å². The molecule has 6 nitrogen and oxygen atoms in total. The van der Waals surface area contributed by atoms with Gasteiger partial charge in [-0.25, -0.2) is 0 Å². The van der Waals surface area contributed by atoms with Crippen molar-refractivity contribution >= 4 is 29.1 Å². The summed E-state index contributed by atoms with van der Waals surface area (Å²) < 4.78 is 5.96. The molecule has 7 heteroatoms. The number of ketones is 1. The fourth-order valence-corrected chi connectivity index (χ4v) is 4.70. The van der Waals surface area contributed by atoms with Crippen molar-refractivity contribution in [3.8, 4) is 5.75 Å². The summed E-state index contributed by atoms with van der Waals surface area (Å²) in [6.07, 6.45) is 3.29. The number of amides is 1. The minimum atomic E-state index is -0.790. The predicted molar refractivity (Wildman–Crippen MR) is 145 cm³/mol. The molecule has 1 aliphatic heterocycles. The van der Waals surface area contributed by atoms with Crippen LogP contribution in [-0.4, -0.2) is 26.7 Å². The quantitative estimate of drug-likeness (QED) is 0.176. The first-order chi connectivity index (χ1) is 18.4. The monoisotopic (exact) mass is 524 g/mol. The molecule has 2 heterocycles. The third-order valence-electron chi connectivity index (χ3n) is 6.49. The fourth-order valence-electron chi connectivity index (χ4n) is 4.57. The lowest BCUT2D eigenvalue weighted by Gasteiger charge is -2.25. The third kappa shape index (κ3) is 5.17. The van der Waals surface area contributed by atoms with E-state index in [1.165, 1.54) is 4.90 Å². The average Bonchev–Trinajstić information content (AvgIpc) is 3.18. The highest BCUT2D eigenvalue weighted by molar-refractivity contribution is 6.46. The summed E-state index contributed by atoms with van der Waals surface area (Å²) in [5.41, 5.74) is 3.71. The van der Waals surface area contributed by atoms with Crippen molar-refractivity contribution in [3.63, 3.8) is 0 Å². The number of Topliss-reactive ketones (excluding diaryl/α,β-unsaturated/α-hetero) is 1. The van der Waals surface area contributed by atoms with Gasteiger partial charge >= 0.3 is 0 Å². The number of aromatic nitrogens is 1. The number of aryl methyl sites for hydroxylation is 1. The molecule has 0 saturated carbocycles. The maximum atomic E-state index is 13.3. The molecule has 1 aliphatic rings. The minimum absolute atomic E-state index is 0.0265. The van der Waals surface area contributed by atoms with Gasteiger partial charge in [0.15, 0.2) is 0 Å². The zero-order chi connectivity index (χ0) is 26.6. The van der Waals surface area contributed by atoms with E-state index in [0.29, 0.717) is 28.5 Å². The molecule has 0 aliphatic carbocycles. The second-order valence-electron chi connectivity index (χ2n) is 9.09. The van der Waals surface area contributed by atoms with E-state index in [1.807, 2.05) is 43.3 Å². The van der Waals surface area contributed by atoms with Gasteiger partial charge in [-0.1, -0.05) is 60.1 Å². The van der Waals surface area contributed by atoms with Gasteiger partial charge in [-0.3, -0.25) is 14.6 Å². The summed E-state index contributed by atoms with van der Waals surface area (Å²) in [6, 6.07) is 24.8. The van der Waals surface area contributed by atoms with E-state index in [9.17, 15) is 14.7 Å². The van der Waals surface area contributed by atoms with E-state index in [-0.39, 0.29) is 17.9 Å². The molecule has 0 radical (unpaired) electrons. The van der Waals surface area contributed by atoms with E-state index in [2.05, 4.69) is 4.98 Å². The fraction of sp³-hybridized carbons (Fsp3) is 0.129. The summed E-state index contributed by atoms with van der Waals surface area (Å²) in [6.45, 7) is 2.44. The van der Waals surface area contributed by atoms with Gasteiger partial charge in [0.1, 0.15) is 18.1 Å². The number of aliphatic hydroxyl groups is 1. The number of pyridine rings is 1. The molecule has 0 bridgehead atoms. The van der Waals surface area contributed by atoms with Crippen molar-refractivity contribution in [2.24, 2.45) is 0 Å². The molecular weight excluding hydrogens is 500 g/mol. The van der Waals surface area contributed by atoms with Crippen LogP contribution in [0.3, 0.4) is 0 Å². The van der Waals surface area contributed by atoms with Crippen LogP contribution in [0.2, 0.25) is 5.02 Å². The third-order valence-corrected chi connectivity index (χ3v) is 6.74. The highest BCUT2D eigenvalue weighted by Crippen LogP contribution is 2.41. The molecule has 1 amide bonds. The van der Waals surface area contributed by atoms with Crippen LogP contribution in [0.4, 0.5) is 0 Å². The highest BCUT2D eigenvalue weighted by Gasteiger charge is 2.46. The molecule has 0 unspecified atom stereocenters. The number of benzene rings is 3. The van der Waals surface area contributed by atoms with Gasteiger partial charge in [0, 0.05) is 29.5 Å². The van der Waals surface area contributed by atoms with Gasteiger partial charge < -0.3 is 14.7 Å². The van der Waals surface area contributed by atoms with Gasteiger partial charge in [-0.05, 0) is 65.6 Å². The van der Waals surface area contributed by atoms with Gasteiger partial charge in [0.25, 0.3) is 11.7 Å². The van der Waals surface area contributed by atoms with Crippen molar-refractivity contribution in [1.82, 2.24) is 9.88 Å². The van der Waals surface area contributed by atoms with Crippen molar-refractivity contribution < 1.29 is 19.4 Å². The number of aliphatic hydroxyl groups excluding tert-OH is 1. The Morgan fingerprint density at radius 2 is 1.71 bits per heavy atom. The molecule has 1 fully saturated rings. The Hall–Kier alpha value is -4.42. The second kappa shape index (κ2) is 10.9. The number of hydrogen-bond donors (Lipinski definition) is 1. The molecular formula is C31H25ClN2O4. The van der Waals surface area contributed by atoms with Crippen molar-refractivity contribution in [2.45, 2.75) is 26.1 Å². The number of carbonyl (C=O) groups is 2. The minimum Gasteiger partial charge on any atom is -0.507 e. The number of ether oxygens (including phenoxy) is 1. The number of likely N-dealkylation sites (tertiary alicyclic amines) is 1. The lowest BCUT2D eigenvalue weighted by molar-refractivity contribution is -0.140. The Balaban J connectivity index is 1.51. The standard InChI is InChI=1S/C31H25ClN2O4/c1-20-16-24(11-14-26(20)38-19-21-6-3-2-4-7-21)29(35)27-28(23-9-12-25(32)13-10-23)34(31(37)30(27)36)18-22-8-5-15-33-17-22/h2-17,28,35H,18-19H2,1H3/b29-27+/t28-/m0/s1. The first kappa shape index (κ1) is 25.2. The first-order valence-corrected chi connectivity index (χ1v) is 12.5. The molecule has 1 atom stereocenters. The topological polar surface area (TPSA) is 79.7 Å². The Kier molecular flexibility index (Phi) is 7.24. The summed E-state index contributed by atoms with van der Waals surface area (Å²) in [5, 5.41) is 11.9. The van der Waals surface area contributed by atoms with Crippen LogP contribution in [0.5, 0.6) is 5.75 Å². The lowest BCUT2D eigenvalue weighted by atomic mass is 9.94. The van der Waals surface area contributed by atoms with E-state index >= 15 is 0 Å². The highest BCUT2D eigenvalue weighted by atomic mass is 35.5. The van der Waals surface area contributed by atoms with Crippen molar-refractivity contribution in [1.29, 1.82) is 0 Å². The molecule has 190 valence electrons. The second-order valence-corrected chi connectivity index (χ2v) is 9.53. The zero-order valence-corrected chi connectivity index (χ0v) is 21.4. The number of carbonyl (C=O) groups excluding carboxylic acids is 2. The van der Waals surface area contributed by atoms with E-state index in [4.69, 9.17) is 16.3 Å². The Morgan fingerprint density at radius 3 is 2.39 bits per heavy atom. The molecule has 5 rings (SSSR count). The first-order valence-electron chi connectivity index (χ1n) is 12.1. The smallest absolute Gasteiger partial charge is 0.295 e. The normalized spacial score (nSPS) is 16.6. The van der Waals surface area contributed by atoms with Crippen LogP contribution in [0.1, 0.15) is 33.9 Å². The number of rotatable bonds is 7. The van der Waals surface area contributed by atoms with E-state index in [1.54, 1.807) is 60.9 Å². The molecule has 0 spiro atoms. The lowest BCUT2D eigenvalue weighted by Crippen LogP contribution is -2.29. The van der Waals surface area contributed by atoms with Crippen LogP contribution >= 0.6 is 11.6 Å². The predicted octanol–water partition coefficient (Wildman–Crippen LogP) is 6.24. The van der Waals surface area contributed by atoms with Crippen LogP contribution in [-0.2, 0) is 22.7 Å². The molecule has 1 N–H and O–H groups in total. The van der Waals surface area contributed by atoms with Crippen LogP contribution in [0, 0.1) is 6.92 Å². The van der Waals surface area contributed by atoms with Crippen LogP contribution in [0.25, 0.3) is 5.76 Å². The van der Waals surface area contributed by atoms with Gasteiger partial charge in [0.2, 0.25) is 0 Å². The SMILES string of the molecule is Cc1cc(/C(O)=C2\C(=O)C(=O)N(Cc3cccnc3)[C@H]2c2ccc(Cl)cc2)ccc1OCc1ccccc1. The summed E-state index contributed by atoms with van der Waals surface area (Å²) >= 11 is 6.10. The van der Waals surface area contributed by atoms with E-state index in [0.717, 1.165) is 16.7 Å². The number of hydrogen-bond acceptors (Lipinski definition) is 5. The van der Waals surface area contributed by atoms with Gasteiger partial charge in [0.05, 0.1) is 11.6 Å². The summed E-state index contributed by atoms with van der Waals surface area (Å²) in [5.74, 6) is -1.00. The number of halogens is 1. The van der Waals surface area contributed by atoms with Gasteiger partial charge in [-0.2, -0.15) is 0 Å². The average molecular weight is 525 g/mol. The van der Waals surface area contributed by atoms with Crippen molar-refractivity contribution in [2.75, 3.05) is 0 Å². The molecule has 38 heavy (non-hydrogen) atoms. The van der Waals surface area contributed by atoms with Crippen LogP contribution in [0.15, 0.2) is 103 Å². The summed E-state index contributed by atoms with van der Waals surface area (Å²) in [4.78, 5) is 32.1. The van der Waals surface area contributed by atoms with Gasteiger partial charge in [-0.15, -0.1) is 0 Å². The molecule has 4 aromatic rings.